The van der Waals surface area contributed by atoms with Crippen LogP contribution in [0.15, 0.2) is 54.6 Å². The van der Waals surface area contributed by atoms with Crippen LogP contribution in [0.4, 0.5) is 5.69 Å². The van der Waals surface area contributed by atoms with Gasteiger partial charge in [-0.05, 0) is 23.6 Å². The van der Waals surface area contributed by atoms with Gasteiger partial charge in [-0.3, -0.25) is 0 Å². The molecule has 2 heteroatoms. The van der Waals surface area contributed by atoms with Crippen LogP contribution >= 0.6 is 0 Å². The SMILES string of the molecule is OCC1Cc2ccccc2N1Cc1ccccc1. The van der Waals surface area contributed by atoms with E-state index in [1.807, 2.05) is 6.07 Å². The summed E-state index contributed by atoms with van der Waals surface area (Å²) >= 11 is 0. The van der Waals surface area contributed by atoms with Crippen molar-refractivity contribution in [1.82, 2.24) is 0 Å². The van der Waals surface area contributed by atoms with Crippen molar-refractivity contribution >= 4 is 5.69 Å². The van der Waals surface area contributed by atoms with Crippen LogP contribution in [0, 0.1) is 0 Å². The Labute approximate surface area is 107 Å². The van der Waals surface area contributed by atoms with E-state index < -0.39 is 0 Å². The molecule has 0 radical (unpaired) electrons. The van der Waals surface area contributed by atoms with Gasteiger partial charge in [-0.1, -0.05) is 48.5 Å². The van der Waals surface area contributed by atoms with Gasteiger partial charge in [0.25, 0.3) is 0 Å². The number of nitrogens with zero attached hydrogens (tertiary/aromatic N) is 1. The van der Waals surface area contributed by atoms with E-state index in [0.29, 0.717) is 0 Å². The van der Waals surface area contributed by atoms with Crippen molar-refractivity contribution in [2.45, 2.75) is 19.0 Å². The highest BCUT2D eigenvalue weighted by atomic mass is 16.3. The number of aliphatic hydroxyl groups excluding tert-OH is 1. The fourth-order valence-corrected chi connectivity index (χ4v) is 2.68. The Kier molecular flexibility index (Phi) is 3.03. The Hall–Kier alpha value is -1.80. The summed E-state index contributed by atoms with van der Waals surface area (Å²) in [6, 6.07) is 19.1. The monoisotopic (exact) mass is 239 g/mol. The normalized spacial score (nSPS) is 17.8. The maximum absolute atomic E-state index is 9.54. The van der Waals surface area contributed by atoms with Crippen LogP contribution in [-0.4, -0.2) is 17.8 Å². The molecule has 0 aromatic heterocycles. The van der Waals surface area contributed by atoms with Gasteiger partial charge in [-0.15, -0.1) is 0 Å². The molecule has 2 aromatic carbocycles. The summed E-state index contributed by atoms with van der Waals surface area (Å²) in [5.41, 5.74) is 3.89. The van der Waals surface area contributed by atoms with Gasteiger partial charge in [0.1, 0.15) is 0 Å². The molecule has 1 aliphatic rings. The Bertz CT molecular complexity index is 524. The third kappa shape index (κ3) is 2.00. The molecule has 0 aliphatic carbocycles. The molecule has 0 saturated carbocycles. The van der Waals surface area contributed by atoms with Crippen molar-refractivity contribution < 1.29 is 5.11 Å². The highest BCUT2D eigenvalue weighted by Crippen LogP contribution is 2.32. The quantitative estimate of drug-likeness (QED) is 0.890. The van der Waals surface area contributed by atoms with Crippen molar-refractivity contribution in [3.05, 3.63) is 65.7 Å². The minimum Gasteiger partial charge on any atom is -0.394 e. The maximum atomic E-state index is 9.54. The largest absolute Gasteiger partial charge is 0.394 e. The van der Waals surface area contributed by atoms with Crippen molar-refractivity contribution in [3.63, 3.8) is 0 Å². The zero-order valence-electron chi connectivity index (χ0n) is 10.3. The fourth-order valence-electron chi connectivity index (χ4n) is 2.68. The van der Waals surface area contributed by atoms with Crippen LogP contribution in [0.25, 0.3) is 0 Å². The van der Waals surface area contributed by atoms with E-state index in [9.17, 15) is 5.11 Å². The molecule has 92 valence electrons. The highest BCUT2D eigenvalue weighted by molar-refractivity contribution is 5.59. The molecule has 1 N–H and O–H groups in total. The van der Waals surface area contributed by atoms with Gasteiger partial charge in [0.05, 0.1) is 12.6 Å². The van der Waals surface area contributed by atoms with E-state index in [0.717, 1.165) is 13.0 Å². The fraction of sp³-hybridized carbons (Fsp3) is 0.250. The molecular formula is C16H17NO. The minimum absolute atomic E-state index is 0.210. The molecule has 0 fully saturated rings. The Balaban J connectivity index is 1.90. The lowest BCUT2D eigenvalue weighted by atomic mass is 10.1. The van der Waals surface area contributed by atoms with E-state index in [2.05, 4.69) is 53.4 Å². The summed E-state index contributed by atoms with van der Waals surface area (Å²) in [5.74, 6) is 0. The van der Waals surface area contributed by atoms with E-state index in [1.165, 1.54) is 16.8 Å². The number of para-hydroxylation sites is 1. The number of hydrogen-bond acceptors (Lipinski definition) is 2. The average molecular weight is 239 g/mol. The molecule has 2 aromatic rings. The molecule has 2 nitrogen and oxygen atoms in total. The second-order valence-electron chi connectivity index (χ2n) is 4.78. The maximum Gasteiger partial charge on any atom is 0.0638 e. The lowest BCUT2D eigenvalue weighted by Gasteiger charge is -2.26. The second-order valence-corrected chi connectivity index (χ2v) is 4.78. The number of aliphatic hydroxyl groups is 1. The first-order valence-electron chi connectivity index (χ1n) is 6.38. The van der Waals surface area contributed by atoms with E-state index in [4.69, 9.17) is 0 Å². The standard InChI is InChI=1S/C16H17NO/c18-12-15-10-14-8-4-5-9-16(14)17(15)11-13-6-2-1-3-7-13/h1-9,15,18H,10-12H2. The minimum atomic E-state index is 0.210. The van der Waals surface area contributed by atoms with Gasteiger partial charge >= 0.3 is 0 Å². The second kappa shape index (κ2) is 4.83. The summed E-state index contributed by atoms with van der Waals surface area (Å²) in [6.45, 7) is 1.07. The molecule has 0 spiro atoms. The van der Waals surface area contributed by atoms with Crippen molar-refractivity contribution in [2.75, 3.05) is 11.5 Å². The van der Waals surface area contributed by atoms with Crippen molar-refractivity contribution in [2.24, 2.45) is 0 Å². The zero-order valence-corrected chi connectivity index (χ0v) is 10.3. The lowest BCUT2D eigenvalue weighted by molar-refractivity contribution is 0.262. The van der Waals surface area contributed by atoms with E-state index >= 15 is 0 Å². The van der Waals surface area contributed by atoms with Gasteiger partial charge in [-0.25, -0.2) is 0 Å². The zero-order chi connectivity index (χ0) is 12.4. The Morgan fingerprint density at radius 1 is 1.00 bits per heavy atom. The topological polar surface area (TPSA) is 23.5 Å². The predicted octanol–water partition coefficient (Wildman–Crippen LogP) is 2.61. The first-order valence-corrected chi connectivity index (χ1v) is 6.38. The van der Waals surface area contributed by atoms with Gasteiger partial charge in [-0.2, -0.15) is 0 Å². The molecule has 0 amide bonds. The number of rotatable bonds is 3. The van der Waals surface area contributed by atoms with E-state index in [1.54, 1.807) is 0 Å². The first-order chi connectivity index (χ1) is 8.88. The Morgan fingerprint density at radius 2 is 1.72 bits per heavy atom. The lowest BCUT2D eigenvalue weighted by Crippen LogP contribution is -2.34. The average Bonchev–Trinajstić information content (AvgIpc) is 2.78. The molecule has 1 aliphatic heterocycles. The van der Waals surface area contributed by atoms with Crippen LogP contribution in [0.2, 0.25) is 0 Å². The van der Waals surface area contributed by atoms with Crippen LogP contribution in [-0.2, 0) is 13.0 Å². The molecule has 1 unspecified atom stereocenters. The van der Waals surface area contributed by atoms with Gasteiger partial charge in [0, 0.05) is 12.2 Å². The molecule has 1 atom stereocenters. The number of fused-ring (bicyclic) bond motifs is 1. The molecule has 1 heterocycles. The van der Waals surface area contributed by atoms with Gasteiger partial charge in [0.2, 0.25) is 0 Å². The van der Waals surface area contributed by atoms with Crippen LogP contribution in [0.1, 0.15) is 11.1 Å². The summed E-state index contributed by atoms with van der Waals surface area (Å²) in [5, 5.41) is 9.54. The molecule has 18 heavy (non-hydrogen) atoms. The molecule has 0 bridgehead atoms. The smallest absolute Gasteiger partial charge is 0.0638 e. The van der Waals surface area contributed by atoms with E-state index in [-0.39, 0.29) is 12.6 Å². The van der Waals surface area contributed by atoms with Gasteiger partial charge in [0.15, 0.2) is 0 Å². The number of benzene rings is 2. The van der Waals surface area contributed by atoms with Crippen molar-refractivity contribution in [1.29, 1.82) is 0 Å². The predicted molar refractivity (Wildman–Crippen MR) is 73.6 cm³/mol. The van der Waals surface area contributed by atoms with Crippen LogP contribution in [0.3, 0.4) is 0 Å². The number of hydrogen-bond donors (Lipinski definition) is 1. The summed E-state index contributed by atoms with van der Waals surface area (Å²) in [6.07, 6.45) is 0.944. The summed E-state index contributed by atoms with van der Waals surface area (Å²) in [7, 11) is 0. The van der Waals surface area contributed by atoms with Crippen LogP contribution in [0.5, 0.6) is 0 Å². The molecule has 3 rings (SSSR count). The van der Waals surface area contributed by atoms with Crippen molar-refractivity contribution in [3.8, 4) is 0 Å². The summed E-state index contributed by atoms with van der Waals surface area (Å²) in [4.78, 5) is 2.31. The molecular weight excluding hydrogens is 222 g/mol. The Morgan fingerprint density at radius 3 is 2.50 bits per heavy atom. The third-order valence-electron chi connectivity index (χ3n) is 3.60. The van der Waals surface area contributed by atoms with Gasteiger partial charge < -0.3 is 10.0 Å². The van der Waals surface area contributed by atoms with Crippen LogP contribution < -0.4 is 4.90 Å². The number of anilines is 1. The highest BCUT2D eigenvalue weighted by Gasteiger charge is 2.27. The summed E-state index contributed by atoms with van der Waals surface area (Å²) < 4.78 is 0. The third-order valence-corrected chi connectivity index (χ3v) is 3.60. The molecule has 0 saturated heterocycles. The first kappa shape index (κ1) is 11.3.